The highest BCUT2D eigenvalue weighted by Gasteiger charge is 2.59. The molecule has 31 heavy (non-hydrogen) atoms. The fraction of sp³-hybridized carbons (Fsp3) is 0.500. The first kappa shape index (κ1) is 22.8. The first-order valence-electron chi connectivity index (χ1n) is 10.3. The second kappa shape index (κ2) is 8.68. The molecule has 1 amide bonds. The van der Waals surface area contributed by atoms with Crippen molar-refractivity contribution < 1.29 is 34.8 Å². The van der Waals surface area contributed by atoms with Crippen LogP contribution < -0.4 is 0 Å². The number of aliphatic hydroxyl groups is 1. The Morgan fingerprint density at radius 1 is 1.23 bits per heavy atom. The summed E-state index contributed by atoms with van der Waals surface area (Å²) in [6.07, 6.45) is -0.0935. The van der Waals surface area contributed by atoms with E-state index in [0.717, 1.165) is 0 Å². The second-order valence-electron chi connectivity index (χ2n) is 8.40. The maximum absolute atomic E-state index is 12.4. The van der Waals surface area contributed by atoms with Gasteiger partial charge >= 0.3 is 5.97 Å². The van der Waals surface area contributed by atoms with E-state index in [0.29, 0.717) is 30.6 Å². The van der Waals surface area contributed by atoms with Crippen LogP contribution in [0.1, 0.15) is 37.0 Å². The van der Waals surface area contributed by atoms with Crippen LogP contribution in [0.25, 0.3) is 0 Å². The van der Waals surface area contributed by atoms with E-state index >= 15 is 0 Å². The molecule has 2 aliphatic heterocycles. The molecule has 168 valence electrons. The van der Waals surface area contributed by atoms with Gasteiger partial charge in [0.25, 0.3) is 0 Å². The number of carbonyl (C=O) groups excluding carboxylic acids is 2. The molecule has 9 heteroatoms. The molecule has 1 aromatic rings. The summed E-state index contributed by atoms with van der Waals surface area (Å²) < 4.78 is 0. The fourth-order valence-electron chi connectivity index (χ4n) is 4.57. The molecule has 1 saturated heterocycles. The predicted octanol–water partition coefficient (Wildman–Crippen LogP) is 1.19. The molecule has 4 N–H and O–H groups in total. The number of fused-ring (bicyclic) bond motifs is 1. The summed E-state index contributed by atoms with van der Waals surface area (Å²) in [6.45, 7) is 4.28. The Morgan fingerprint density at radius 3 is 2.48 bits per heavy atom. The standard InChI is InChI=1S/C22H28N2O7/c1-11-14(20(22(30)31)24-19(11)18(12(2)25)21(24)29)10-23(3)8-4-5-15(26)13-6-7-16(27)17(28)9-13/h6-7,9,11-12,18-19,25,27-28H,4-5,8,10H2,1-3H3,(H,30,31)/t11-,12+,18+,19+/m0/s1. The highest BCUT2D eigenvalue weighted by Crippen LogP contribution is 2.47. The van der Waals surface area contributed by atoms with Gasteiger partial charge in [0, 0.05) is 24.4 Å². The van der Waals surface area contributed by atoms with Gasteiger partial charge in [-0.05, 0) is 50.7 Å². The number of aliphatic hydroxyl groups excluding tert-OH is 1. The number of aromatic hydroxyl groups is 2. The van der Waals surface area contributed by atoms with Gasteiger partial charge in [-0.1, -0.05) is 6.92 Å². The fourth-order valence-corrected chi connectivity index (χ4v) is 4.57. The van der Waals surface area contributed by atoms with E-state index in [1.54, 1.807) is 6.92 Å². The van der Waals surface area contributed by atoms with E-state index in [-0.39, 0.29) is 47.3 Å². The van der Waals surface area contributed by atoms with Crippen molar-refractivity contribution in [1.29, 1.82) is 0 Å². The zero-order valence-electron chi connectivity index (χ0n) is 17.8. The number of amides is 1. The third-order valence-corrected chi connectivity index (χ3v) is 6.20. The third kappa shape index (κ3) is 4.15. The summed E-state index contributed by atoms with van der Waals surface area (Å²) in [6, 6.07) is 3.60. The number of ketones is 1. The molecule has 0 bridgehead atoms. The molecule has 0 radical (unpaired) electrons. The number of β-lactam (4-membered cyclic amide) rings is 1. The van der Waals surface area contributed by atoms with E-state index in [9.17, 15) is 34.8 Å². The molecule has 1 aromatic carbocycles. The topological polar surface area (TPSA) is 139 Å². The van der Waals surface area contributed by atoms with Crippen molar-refractivity contribution in [2.24, 2.45) is 11.8 Å². The van der Waals surface area contributed by atoms with E-state index in [1.807, 2.05) is 18.9 Å². The lowest BCUT2D eigenvalue weighted by Gasteiger charge is -2.46. The molecule has 2 aliphatic rings. The van der Waals surface area contributed by atoms with E-state index < -0.39 is 18.0 Å². The lowest BCUT2D eigenvalue weighted by atomic mass is 9.77. The third-order valence-electron chi connectivity index (χ3n) is 6.20. The zero-order chi connectivity index (χ0) is 23.0. The lowest BCUT2D eigenvalue weighted by molar-refractivity contribution is -0.163. The Kier molecular flexibility index (Phi) is 6.38. The summed E-state index contributed by atoms with van der Waals surface area (Å²) in [5.41, 5.74) is 0.957. The number of benzene rings is 1. The maximum atomic E-state index is 12.4. The van der Waals surface area contributed by atoms with Gasteiger partial charge in [0.05, 0.1) is 18.1 Å². The van der Waals surface area contributed by atoms with Gasteiger partial charge in [0.2, 0.25) is 5.91 Å². The van der Waals surface area contributed by atoms with Gasteiger partial charge in [0.15, 0.2) is 17.3 Å². The van der Waals surface area contributed by atoms with Crippen LogP contribution in [0.2, 0.25) is 0 Å². The Morgan fingerprint density at radius 2 is 1.90 bits per heavy atom. The van der Waals surface area contributed by atoms with Gasteiger partial charge < -0.3 is 30.2 Å². The number of Topliss-reactive ketones (excluding diaryl/α,β-unsaturated/α-hetero) is 1. The summed E-state index contributed by atoms with van der Waals surface area (Å²) in [5, 5.41) is 38.5. The zero-order valence-corrected chi connectivity index (χ0v) is 17.8. The largest absolute Gasteiger partial charge is 0.504 e. The molecule has 0 spiro atoms. The number of carboxylic acids is 1. The average molecular weight is 432 g/mol. The van der Waals surface area contributed by atoms with Crippen LogP contribution in [-0.4, -0.2) is 80.2 Å². The summed E-state index contributed by atoms with van der Waals surface area (Å²) in [5.74, 6) is -3.09. The average Bonchev–Trinajstić information content (AvgIpc) is 2.92. The van der Waals surface area contributed by atoms with E-state index in [1.165, 1.54) is 23.1 Å². The number of hydrogen-bond acceptors (Lipinski definition) is 7. The minimum absolute atomic E-state index is 0.00175. The SMILES string of the molecule is C[C@@H](O)[C@H]1C(=O)N2C(C(=O)O)=C(CN(C)CCCC(=O)c3ccc(O)c(O)c3)[C@H](C)[C@H]12. The number of likely N-dealkylation sites (N-methyl/N-ethyl adjacent to an activating group) is 1. The number of carboxylic acid groups (broad SMARTS) is 1. The van der Waals surface area contributed by atoms with Crippen molar-refractivity contribution in [3.63, 3.8) is 0 Å². The maximum Gasteiger partial charge on any atom is 0.352 e. The number of rotatable bonds is 9. The molecule has 9 nitrogen and oxygen atoms in total. The van der Waals surface area contributed by atoms with Crippen molar-refractivity contribution in [1.82, 2.24) is 9.80 Å². The van der Waals surface area contributed by atoms with Gasteiger partial charge in [-0.25, -0.2) is 4.79 Å². The Labute approximate surface area is 180 Å². The van der Waals surface area contributed by atoms with Crippen LogP contribution in [0, 0.1) is 11.8 Å². The van der Waals surface area contributed by atoms with Gasteiger partial charge in [-0.15, -0.1) is 0 Å². The smallest absolute Gasteiger partial charge is 0.352 e. The lowest BCUT2D eigenvalue weighted by Crippen LogP contribution is -2.63. The van der Waals surface area contributed by atoms with Crippen molar-refractivity contribution in [3.8, 4) is 11.5 Å². The monoisotopic (exact) mass is 432 g/mol. The van der Waals surface area contributed by atoms with Crippen molar-refractivity contribution in [3.05, 3.63) is 35.0 Å². The highest BCUT2D eigenvalue weighted by molar-refractivity contribution is 6.00. The number of aliphatic carboxylic acids is 1. The van der Waals surface area contributed by atoms with Crippen molar-refractivity contribution in [2.75, 3.05) is 20.1 Å². The molecule has 0 saturated carbocycles. The Hall–Kier alpha value is -2.91. The summed E-state index contributed by atoms with van der Waals surface area (Å²) >= 11 is 0. The van der Waals surface area contributed by atoms with E-state index in [4.69, 9.17) is 0 Å². The van der Waals surface area contributed by atoms with Crippen LogP contribution in [0.3, 0.4) is 0 Å². The molecular weight excluding hydrogens is 404 g/mol. The minimum atomic E-state index is -1.16. The van der Waals surface area contributed by atoms with Crippen LogP contribution >= 0.6 is 0 Å². The van der Waals surface area contributed by atoms with Gasteiger partial charge in [-0.2, -0.15) is 0 Å². The minimum Gasteiger partial charge on any atom is -0.504 e. The molecule has 0 aromatic heterocycles. The van der Waals surface area contributed by atoms with Crippen LogP contribution in [0.15, 0.2) is 29.5 Å². The molecule has 0 unspecified atom stereocenters. The number of carbonyl (C=O) groups is 3. The van der Waals surface area contributed by atoms with Crippen LogP contribution in [0.5, 0.6) is 11.5 Å². The Balaban J connectivity index is 1.61. The van der Waals surface area contributed by atoms with Gasteiger partial charge in [-0.3, -0.25) is 9.59 Å². The molecular formula is C22H28N2O7. The first-order valence-corrected chi connectivity index (χ1v) is 10.3. The van der Waals surface area contributed by atoms with Crippen LogP contribution in [0.4, 0.5) is 0 Å². The normalized spacial score (nSPS) is 23.7. The number of phenols is 2. The van der Waals surface area contributed by atoms with Crippen LogP contribution in [-0.2, 0) is 9.59 Å². The highest BCUT2D eigenvalue weighted by atomic mass is 16.4. The quantitative estimate of drug-likeness (QED) is 0.259. The Bertz CT molecular complexity index is 940. The first-order chi connectivity index (χ1) is 14.5. The number of hydrogen-bond donors (Lipinski definition) is 4. The number of nitrogens with zero attached hydrogens (tertiary/aromatic N) is 2. The molecule has 2 heterocycles. The number of phenolic OH excluding ortho intramolecular Hbond substituents is 2. The predicted molar refractivity (Wildman–Crippen MR) is 110 cm³/mol. The summed E-state index contributed by atoms with van der Waals surface area (Å²) in [7, 11) is 1.82. The van der Waals surface area contributed by atoms with Crippen molar-refractivity contribution >= 4 is 17.7 Å². The van der Waals surface area contributed by atoms with E-state index in [2.05, 4.69) is 0 Å². The molecule has 3 rings (SSSR count). The van der Waals surface area contributed by atoms with Crippen molar-refractivity contribution in [2.45, 2.75) is 38.8 Å². The molecule has 0 aliphatic carbocycles. The second-order valence-corrected chi connectivity index (χ2v) is 8.40. The van der Waals surface area contributed by atoms with Gasteiger partial charge in [0.1, 0.15) is 5.70 Å². The summed E-state index contributed by atoms with van der Waals surface area (Å²) in [4.78, 5) is 39.7. The molecule has 1 fully saturated rings. The molecule has 4 atom stereocenters.